The Kier molecular flexibility index (Phi) is 7.54. The smallest absolute Gasteiger partial charge is 0.286 e. The third-order valence-corrected chi connectivity index (χ3v) is 6.70. The van der Waals surface area contributed by atoms with E-state index in [9.17, 15) is 14.4 Å². The summed E-state index contributed by atoms with van der Waals surface area (Å²) in [4.78, 5) is 39.7. The Morgan fingerprint density at radius 2 is 1.88 bits per heavy atom. The minimum Gasteiger partial charge on any atom is -0.352 e. The number of amides is 3. The lowest BCUT2D eigenvalue weighted by molar-refractivity contribution is -0.126. The van der Waals surface area contributed by atoms with Crippen LogP contribution in [0.2, 0.25) is 5.02 Å². The number of benzene rings is 2. The highest BCUT2D eigenvalue weighted by molar-refractivity contribution is 7.15. The molecule has 0 saturated carbocycles. The number of rotatable bonds is 6. The molecular weight excluding hydrogens is 474 g/mol. The van der Waals surface area contributed by atoms with Crippen LogP contribution in [0, 0.1) is 12.8 Å². The van der Waals surface area contributed by atoms with Crippen LogP contribution in [-0.4, -0.2) is 45.9 Å². The first-order valence-electron chi connectivity index (χ1n) is 10.9. The van der Waals surface area contributed by atoms with E-state index in [0.717, 1.165) is 23.3 Å². The molecule has 3 aromatic rings. The summed E-state index contributed by atoms with van der Waals surface area (Å²) in [6.07, 6.45) is 1.43. The van der Waals surface area contributed by atoms with E-state index in [4.69, 9.17) is 11.6 Å². The van der Waals surface area contributed by atoms with Crippen molar-refractivity contribution in [3.8, 4) is 0 Å². The van der Waals surface area contributed by atoms with E-state index in [2.05, 4.69) is 20.8 Å². The predicted octanol–water partition coefficient (Wildman–Crippen LogP) is 3.92. The fraction of sp³-hybridized carbons (Fsp3) is 0.292. The molecule has 1 aliphatic heterocycles. The predicted molar refractivity (Wildman–Crippen MR) is 131 cm³/mol. The third kappa shape index (κ3) is 5.98. The normalized spacial score (nSPS) is 15.6. The van der Waals surface area contributed by atoms with E-state index in [-0.39, 0.29) is 27.7 Å². The molecule has 1 fully saturated rings. The fourth-order valence-electron chi connectivity index (χ4n) is 3.70. The minimum absolute atomic E-state index is 0.0723. The maximum atomic E-state index is 13.0. The zero-order valence-electron chi connectivity index (χ0n) is 18.6. The number of hydrogen-bond donors (Lipinski definition) is 2. The first kappa shape index (κ1) is 23.8. The van der Waals surface area contributed by atoms with Gasteiger partial charge in [-0.3, -0.25) is 14.4 Å². The van der Waals surface area contributed by atoms with Gasteiger partial charge in [-0.2, -0.15) is 0 Å². The molecule has 10 heteroatoms. The zero-order chi connectivity index (χ0) is 24.1. The second-order valence-electron chi connectivity index (χ2n) is 8.17. The average molecular weight is 498 g/mol. The van der Waals surface area contributed by atoms with E-state index in [1.54, 1.807) is 29.2 Å². The molecule has 3 amide bonds. The fourth-order valence-corrected chi connectivity index (χ4v) is 4.60. The summed E-state index contributed by atoms with van der Waals surface area (Å²) in [5.41, 5.74) is 2.72. The van der Waals surface area contributed by atoms with E-state index in [1.165, 1.54) is 5.56 Å². The van der Waals surface area contributed by atoms with E-state index >= 15 is 0 Å². The van der Waals surface area contributed by atoms with Crippen molar-refractivity contribution >= 4 is 46.3 Å². The number of nitrogens with one attached hydrogen (secondary N) is 2. The maximum Gasteiger partial charge on any atom is 0.286 e. The molecule has 8 nitrogen and oxygen atoms in total. The number of anilines is 1. The van der Waals surface area contributed by atoms with Crippen molar-refractivity contribution in [2.45, 2.75) is 26.3 Å². The van der Waals surface area contributed by atoms with Gasteiger partial charge in [-0.1, -0.05) is 58.8 Å². The monoisotopic (exact) mass is 497 g/mol. The molecule has 2 heterocycles. The molecule has 176 valence electrons. The van der Waals surface area contributed by atoms with Crippen LogP contribution in [0.15, 0.2) is 48.5 Å². The number of piperidine rings is 1. The molecule has 1 saturated heterocycles. The number of carbonyl (C=O) groups excluding carboxylic acids is 3. The van der Waals surface area contributed by atoms with Crippen molar-refractivity contribution in [3.63, 3.8) is 0 Å². The van der Waals surface area contributed by atoms with Gasteiger partial charge in [-0.25, -0.2) is 0 Å². The Hall–Kier alpha value is -3.30. The Bertz CT molecular complexity index is 1200. The Morgan fingerprint density at radius 1 is 1.12 bits per heavy atom. The van der Waals surface area contributed by atoms with Gasteiger partial charge >= 0.3 is 0 Å². The molecule has 1 unspecified atom stereocenters. The molecule has 2 N–H and O–H groups in total. The van der Waals surface area contributed by atoms with Gasteiger partial charge in [0.25, 0.3) is 11.8 Å². The molecule has 1 aromatic heterocycles. The summed E-state index contributed by atoms with van der Waals surface area (Å²) < 4.78 is 0. The van der Waals surface area contributed by atoms with Crippen molar-refractivity contribution in [2.24, 2.45) is 5.92 Å². The minimum atomic E-state index is -0.467. The molecule has 1 atom stereocenters. The van der Waals surface area contributed by atoms with Crippen LogP contribution in [0.3, 0.4) is 0 Å². The number of likely N-dealkylation sites (tertiary alicyclic amines) is 1. The van der Waals surface area contributed by atoms with E-state index < -0.39 is 5.91 Å². The molecule has 1 aliphatic rings. The molecule has 0 aliphatic carbocycles. The van der Waals surface area contributed by atoms with Crippen LogP contribution in [0.1, 0.15) is 43.6 Å². The molecule has 34 heavy (non-hydrogen) atoms. The van der Waals surface area contributed by atoms with Gasteiger partial charge in [0.05, 0.1) is 5.92 Å². The van der Waals surface area contributed by atoms with Crippen LogP contribution >= 0.6 is 22.9 Å². The topological polar surface area (TPSA) is 104 Å². The van der Waals surface area contributed by atoms with Crippen LogP contribution in [0.4, 0.5) is 5.69 Å². The molecular formula is C24H24ClN5O3S. The lowest BCUT2D eigenvalue weighted by atomic mass is 9.97. The second kappa shape index (κ2) is 10.8. The van der Waals surface area contributed by atoms with Crippen LogP contribution in [0.25, 0.3) is 0 Å². The number of aryl methyl sites for hydroxylation is 1. The molecule has 0 bridgehead atoms. The Morgan fingerprint density at radius 3 is 2.65 bits per heavy atom. The van der Waals surface area contributed by atoms with Crippen molar-refractivity contribution in [2.75, 3.05) is 18.4 Å². The number of aromatic nitrogens is 2. The summed E-state index contributed by atoms with van der Waals surface area (Å²) >= 11 is 6.87. The van der Waals surface area contributed by atoms with Gasteiger partial charge in [0.1, 0.15) is 0 Å². The largest absolute Gasteiger partial charge is 0.352 e. The van der Waals surface area contributed by atoms with Crippen molar-refractivity contribution in [1.29, 1.82) is 0 Å². The lowest BCUT2D eigenvalue weighted by Gasteiger charge is -2.31. The van der Waals surface area contributed by atoms with Gasteiger partial charge in [0, 0.05) is 30.3 Å². The van der Waals surface area contributed by atoms with Crippen LogP contribution in [0.5, 0.6) is 0 Å². The zero-order valence-corrected chi connectivity index (χ0v) is 20.2. The SMILES string of the molecule is Cc1ccc(CNC(=O)C2CCCN(C(=O)c3nnc(C(=O)Nc4cccc(Cl)c4)s3)C2)cc1. The highest BCUT2D eigenvalue weighted by Gasteiger charge is 2.30. The molecule has 0 spiro atoms. The number of carbonyl (C=O) groups is 3. The van der Waals surface area contributed by atoms with E-state index in [1.807, 2.05) is 31.2 Å². The van der Waals surface area contributed by atoms with Crippen molar-refractivity contribution < 1.29 is 14.4 Å². The van der Waals surface area contributed by atoms with Crippen LogP contribution < -0.4 is 10.6 Å². The number of halogens is 1. The van der Waals surface area contributed by atoms with Gasteiger partial charge in [-0.15, -0.1) is 10.2 Å². The second-order valence-corrected chi connectivity index (χ2v) is 9.58. The Balaban J connectivity index is 1.33. The first-order chi connectivity index (χ1) is 16.4. The van der Waals surface area contributed by atoms with Gasteiger partial charge in [-0.05, 0) is 43.5 Å². The number of hydrogen-bond acceptors (Lipinski definition) is 6. The maximum absolute atomic E-state index is 13.0. The van der Waals surface area contributed by atoms with Crippen LogP contribution in [-0.2, 0) is 11.3 Å². The Labute approximate surface area is 206 Å². The molecule has 4 rings (SSSR count). The summed E-state index contributed by atoms with van der Waals surface area (Å²) in [7, 11) is 0. The van der Waals surface area contributed by atoms with Crippen molar-refractivity contribution in [3.05, 3.63) is 74.7 Å². The van der Waals surface area contributed by atoms with Gasteiger partial charge < -0.3 is 15.5 Å². The highest BCUT2D eigenvalue weighted by Crippen LogP contribution is 2.22. The van der Waals surface area contributed by atoms with Gasteiger partial charge in [0.2, 0.25) is 15.9 Å². The number of nitrogens with zero attached hydrogens (tertiary/aromatic N) is 3. The average Bonchev–Trinajstić information content (AvgIpc) is 3.34. The van der Waals surface area contributed by atoms with Crippen molar-refractivity contribution in [1.82, 2.24) is 20.4 Å². The standard InChI is InChI=1S/C24H24ClN5O3S/c1-15-7-9-16(10-8-15)13-26-20(31)17-4-3-11-30(14-17)24(33)23-29-28-22(34-23)21(32)27-19-6-2-5-18(25)12-19/h2,5-10,12,17H,3-4,11,13-14H2,1H3,(H,26,31)(H,27,32). The third-order valence-electron chi connectivity index (χ3n) is 5.55. The summed E-state index contributed by atoms with van der Waals surface area (Å²) in [5.74, 6) is -1.15. The molecule has 2 aromatic carbocycles. The van der Waals surface area contributed by atoms with E-state index in [0.29, 0.717) is 36.8 Å². The summed E-state index contributed by atoms with van der Waals surface area (Å²) in [6.45, 7) is 3.31. The highest BCUT2D eigenvalue weighted by atomic mass is 35.5. The quantitative estimate of drug-likeness (QED) is 0.537. The summed E-state index contributed by atoms with van der Waals surface area (Å²) in [6, 6.07) is 14.7. The molecule has 0 radical (unpaired) electrons. The summed E-state index contributed by atoms with van der Waals surface area (Å²) in [5, 5.41) is 14.1. The first-order valence-corrected chi connectivity index (χ1v) is 12.1. The van der Waals surface area contributed by atoms with Gasteiger partial charge in [0.15, 0.2) is 0 Å². The lowest BCUT2D eigenvalue weighted by Crippen LogP contribution is -2.45.